The van der Waals surface area contributed by atoms with Crippen LogP contribution in [-0.2, 0) is 0 Å². The number of ether oxygens (including phenoxy) is 4. The van der Waals surface area contributed by atoms with Crippen molar-refractivity contribution < 1.29 is 18.9 Å². The number of nitriles is 1. The number of benzene rings is 2. The monoisotopic (exact) mass is 727 g/mol. The van der Waals surface area contributed by atoms with Crippen molar-refractivity contribution >= 4 is 46.1 Å². The van der Waals surface area contributed by atoms with Gasteiger partial charge in [0.25, 0.3) is 0 Å². The van der Waals surface area contributed by atoms with Gasteiger partial charge in [0, 0.05) is 23.7 Å². The number of nitrogens with two attached hydrogens (primary N) is 3. The van der Waals surface area contributed by atoms with Crippen LogP contribution in [0.3, 0.4) is 0 Å². The Morgan fingerprint density at radius 3 is 1.80 bits per heavy atom. The van der Waals surface area contributed by atoms with Crippen molar-refractivity contribution in [2.75, 3.05) is 43.3 Å². The summed E-state index contributed by atoms with van der Waals surface area (Å²) < 4.78 is 23.3. The Morgan fingerprint density at radius 1 is 0.778 bits per heavy atom. The topological polar surface area (TPSA) is 202 Å². The van der Waals surface area contributed by atoms with E-state index in [0.717, 1.165) is 20.4 Å². The third-order valence-corrected chi connectivity index (χ3v) is 7.18. The molecule has 4 aromatic rings. The van der Waals surface area contributed by atoms with Crippen LogP contribution in [0.1, 0.15) is 63.1 Å². The Labute approximate surface area is 276 Å². The van der Waals surface area contributed by atoms with Crippen LogP contribution >= 0.6 is 22.6 Å². The highest BCUT2D eigenvalue weighted by Crippen LogP contribution is 2.38. The molecule has 7 N–H and O–H groups in total. The largest absolute Gasteiger partial charge is 0.496 e. The van der Waals surface area contributed by atoms with Crippen LogP contribution in [0.4, 0.5) is 23.5 Å². The Hall–Kier alpha value is -4.78. The SMILES string of the molecule is CCNc1ncc(Oc2cc(C#N)c(OC)cc2C(C)C)c(N)n1.COc1cc(C(C)C)c(Oc2cnc(N)nc2N)cc1I. The zero-order valence-electron chi connectivity index (χ0n) is 26.3. The van der Waals surface area contributed by atoms with Crippen molar-refractivity contribution in [2.45, 2.75) is 46.5 Å². The molecular weight excluding hydrogens is 689 g/mol. The molecule has 0 bridgehead atoms. The van der Waals surface area contributed by atoms with E-state index in [4.69, 9.17) is 36.1 Å². The molecule has 0 aliphatic carbocycles. The summed E-state index contributed by atoms with van der Waals surface area (Å²) in [6, 6.07) is 9.43. The predicted octanol–water partition coefficient (Wildman–Crippen LogP) is 6.46. The third kappa shape index (κ3) is 8.88. The van der Waals surface area contributed by atoms with E-state index in [1.54, 1.807) is 13.2 Å². The first-order chi connectivity index (χ1) is 21.4. The van der Waals surface area contributed by atoms with Gasteiger partial charge in [-0.1, -0.05) is 27.7 Å². The summed E-state index contributed by atoms with van der Waals surface area (Å²) in [5, 5.41) is 12.3. The molecule has 0 atom stereocenters. The molecule has 0 aliphatic heterocycles. The lowest BCUT2D eigenvalue weighted by atomic mass is 9.99. The molecule has 13 nitrogen and oxygen atoms in total. The number of rotatable bonds is 10. The van der Waals surface area contributed by atoms with E-state index in [1.165, 1.54) is 19.5 Å². The number of hydrogen-bond acceptors (Lipinski definition) is 13. The Bertz CT molecular complexity index is 1680. The highest BCUT2D eigenvalue weighted by Gasteiger charge is 2.17. The molecule has 4 rings (SSSR count). The van der Waals surface area contributed by atoms with E-state index in [9.17, 15) is 5.26 Å². The third-order valence-electron chi connectivity index (χ3n) is 6.34. The van der Waals surface area contributed by atoms with Crippen molar-refractivity contribution in [2.24, 2.45) is 0 Å². The Kier molecular flexibility index (Phi) is 12.2. The minimum Gasteiger partial charge on any atom is -0.496 e. The summed E-state index contributed by atoms with van der Waals surface area (Å²) in [6.07, 6.45) is 2.99. The van der Waals surface area contributed by atoms with Crippen LogP contribution in [0.15, 0.2) is 36.7 Å². The fourth-order valence-corrected chi connectivity index (χ4v) is 4.70. The van der Waals surface area contributed by atoms with Gasteiger partial charge in [-0.2, -0.15) is 15.2 Å². The van der Waals surface area contributed by atoms with Gasteiger partial charge < -0.3 is 41.5 Å². The molecule has 0 radical (unpaired) electrons. The molecule has 2 heterocycles. The first-order valence-electron chi connectivity index (χ1n) is 14.0. The lowest BCUT2D eigenvalue weighted by Crippen LogP contribution is -2.06. The average Bonchev–Trinajstić information content (AvgIpc) is 3.00. The van der Waals surface area contributed by atoms with E-state index in [0.29, 0.717) is 46.8 Å². The standard InChI is InChI=1S/C17H21N5O2.C14H17IN4O2/c1-5-20-17-21-9-15(16(19)22-17)24-14-6-11(8-18)13(23-4)7-12(14)10(2)3;1-7(2)8-4-11(20-3)9(15)5-10(8)21-12-6-18-14(17)19-13(12)16/h6-7,9-10H,5H2,1-4H3,(H3,19,20,21,22);4-7H,1-3H3,(H4,16,17,18,19). The van der Waals surface area contributed by atoms with Gasteiger partial charge in [0.1, 0.15) is 29.1 Å². The first-order valence-corrected chi connectivity index (χ1v) is 15.1. The Balaban J connectivity index is 0.000000248. The molecule has 45 heavy (non-hydrogen) atoms. The number of anilines is 4. The van der Waals surface area contributed by atoms with Crippen LogP contribution in [-0.4, -0.2) is 40.7 Å². The van der Waals surface area contributed by atoms with Gasteiger partial charge in [-0.05, 0) is 59.5 Å². The molecule has 0 spiro atoms. The van der Waals surface area contributed by atoms with E-state index in [1.807, 2.05) is 39.0 Å². The van der Waals surface area contributed by atoms with E-state index < -0.39 is 0 Å². The number of halogens is 1. The molecule has 0 aliphatic rings. The van der Waals surface area contributed by atoms with Crippen molar-refractivity contribution in [3.63, 3.8) is 0 Å². The lowest BCUT2D eigenvalue weighted by Gasteiger charge is -2.17. The molecule has 0 unspecified atom stereocenters. The van der Waals surface area contributed by atoms with Gasteiger partial charge in [-0.25, -0.2) is 9.97 Å². The molecular formula is C31H38IN9O4. The zero-order valence-corrected chi connectivity index (χ0v) is 28.5. The minimum atomic E-state index is 0.119. The molecule has 0 amide bonds. The fraction of sp³-hybridized carbons (Fsp3) is 0.323. The number of nitrogens with one attached hydrogen (secondary N) is 1. The maximum atomic E-state index is 9.28. The smallest absolute Gasteiger partial charge is 0.224 e. The second kappa shape index (κ2) is 15.8. The lowest BCUT2D eigenvalue weighted by molar-refractivity contribution is 0.407. The van der Waals surface area contributed by atoms with E-state index in [-0.39, 0.29) is 29.4 Å². The summed E-state index contributed by atoms with van der Waals surface area (Å²) in [4.78, 5) is 16.1. The second-order valence-electron chi connectivity index (χ2n) is 10.2. The highest BCUT2D eigenvalue weighted by atomic mass is 127. The summed E-state index contributed by atoms with van der Waals surface area (Å²) in [5.41, 5.74) is 19.5. The van der Waals surface area contributed by atoms with Gasteiger partial charge >= 0.3 is 0 Å². The summed E-state index contributed by atoms with van der Waals surface area (Å²) >= 11 is 2.20. The van der Waals surface area contributed by atoms with Crippen molar-refractivity contribution in [1.29, 1.82) is 5.26 Å². The quantitative estimate of drug-likeness (QED) is 0.130. The van der Waals surface area contributed by atoms with Crippen LogP contribution in [0.25, 0.3) is 0 Å². The predicted molar refractivity (Wildman–Crippen MR) is 183 cm³/mol. The maximum Gasteiger partial charge on any atom is 0.224 e. The molecule has 0 saturated heterocycles. The average molecular weight is 728 g/mol. The van der Waals surface area contributed by atoms with Crippen LogP contribution < -0.4 is 41.5 Å². The molecule has 0 saturated carbocycles. The van der Waals surface area contributed by atoms with Gasteiger partial charge in [-0.15, -0.1) is 0 Å². The molecule has 2 aromatic carbocycles. The van der Waals surface area contributed by atoms with Gasteiger partial charge in [0.05, 0.1) is 35.7 Å². The van der Waals surface area contributed by atoms with E-state index in [2.05, 4.69) is 67.8 Å². The molecule has 2 aromatic heterocycles. The molecule has 0 fully saturated rings. The van der Waals surface area contributed by atoms with E-state index >= 15 is 0 Å². The molecule has 238 valence electrons. The summed E-state index contributed by atoms with van der Waals surface area (Å²) in [7, 11) is 3.18. The van der Waals surface area contributed by atoms with Gasteiger partial charge in [0.2, 0.25) is 11.9 Å². The summed E-state index contributed by atoms with van der Waals surface area (Å²) in [5.74, 6) is 4.73. The minimum absolute atomic E-state index is 0.119. The maximum absolute atomic E-state index is 9.28. The number of hydrogen-bond donors (Lipinski definition) is 4. The van der Waals surface area contributed by atoms with Crippen molar-refractivity contribution in [1.82, 2.24) is 19.9 Å². The fourth-order valence-electron chi connectivity index (χ4n) is 4.04. The van der Waals surface area contributed by atoms with Crippen molar-refractivity contribution in [3.8, 4) is 40.6 Å². The van der Waals surface area contributed by atoms with Crippen molar-refractivity contribution in [3.05, 3.63) is 56.9 Å². The number of nitrogens with zero attached hydrogens (tertiary/aromatic N) is 5. The number of aromatic nitrogens is 4. The first kappa shape index (κ1) is 34.7. The van der Waals surface area contributed by atoms with Crippen LogP contribution in [0.2, 0.25) is 0 Å². The van der Waals surface area contributed by atoms with Gasteiger partial charge in [-0.3, -0.25) is 0 Å². The van der Waals surface area contributed by atoms with Crippen LogP contribution in [0, 0.1) is 14.9 Å². The highest BCUT2D eigenvalue weighted by molar-refractivity contribution is 14.1. The summed E-state index contributed by atoms with van der Waals surface area (Å²) in [6.45, 7) is 10.9. The number of nitrogen functional groups attached to an aromatic ring is 3. The van der Waals surface area contributed by atoms with Gasteiger partial charge in [0.15, 0.2) is 23.1 Å². The number of methoxy groups -OCH3 is 2. The molecule has 14 heteroatoms. The van der Waals surface area contributed by atoms with Crippen LogP contribution in [0.5, 0.6) is 34.5 Å². The second-order valence-corrected chi connectivity index (χ2v) is 11.4. The Morgan fingerprint density at radius 2 is 1.31 bits per heavy atom. The normalized spacial score (nSPS) is 10.5. The zero-order chi connectivity index (χ0) is 33.3.